The molecule has 3 amide bonds. The molecule has 4 bridgehead atoms. The Morgan fingerprint density at radius 1 is 0.884 bits per heavy atom. The number of nitrogens with zero attached hydrogens (tertiary/aromatic N) is 6. The van der Waals surface area contributed by atoms with E-state index in [9.17, 15) is 19.5 Å². The zero-order valence-electron chi connectivity index (χ0n) is 26.2. The molecule has 6 fully saturated rings. The first-order chi connectivity index (χ1) is 20.5. The van der Waals surface area contributed by atoms with Crippen molar-refractivity contribution in [2.75, 3.05) is 26.2 Å². The third-order valence-corrected chi connectivity index (χ3v) is 10.6. The largest absolute Gasteiger partial charge is 0.390 e. The lowest BCUT2D eigenvalue weighted by atomic mass is 9.93. The fourth-order valence-corrected chi connectivity index (χ4v) is 8.04. The van der Waals surface area contributed by atoms with Crippen LogP contribution >= 0.6 is 0 Å². The van der Waals surface area contributed by atoms with Crippen molar-refractivity contribution >= 4 is 17.7 Å². The summed E-state index contributed by atoms with van der Waals surface area (Å²) in [6.45, 7) is 10.8. The summed E-state index contributed by atoms with van der Waals surface area (Å²) in [4.78, 5) is 47.4. The Balaban J connectivity index is 1.24. The van der Waals surface area contributed by atoms with E-state index in [1.807, 2.05) is 15.8 Å². The maximum absolute atomic E-state index is 14.0. The van der Waals surface area contributed by atoms with Gasteiger partial charge in [-0.05, 0) is 45.4 Å². The monoisotopic (exact) mass is 598 g/mol. The number of amides is 3. The molecule has 12 nitrogen and oxygen atoms in total. The van der Waals surface area contributed by atoms with Crippen molar-refractivity contribution in [1.29, 1.82) is 0 Å². The number of likely N-dealkylation sites (tertiary alicyclic amines) is 1. The topological polar surface area (TPSA) is 136 Å². The highest BCUT2D eigenvalue weighted by Crippen LogP contribution is 2.35. The SMILES string of the molecule is C[C@@H]1NC(=O)[C@@H]2C[C@H](n3cc(C(C)(C)C)nn3)CN2C2CCN(CC2)C(=O)[C@@H]2C[C@H](CN2C2CCCC2)NC(=O)C[C@@H]1O. The van der Waals surface area contributed by atoms with Crippen LogP contribution < -0.4 is 10.6 Å². The van der Waals surface area contributed by atoms with Crippen LogP contribution in [-0.2, 0) is 19.8 Å². The van der Waals surface area contributed by atoms with Crippen molar-refractivity contribution in [1.82, 2.24) is 40.3 Å². The number of hydrogen-bond donors (Lipinski definition) is 3. The van der Waals surface area contributed by atoms with Gasteiger partial charge < -0.3 is 20.6 Å². The molecule has 6 aliphatic rings. The van der Waals surface area contributed by atoms with Crippen LogP contribution in [0.2, 0.25) is 0 Å². The van der Waals surface area contributed by atoms with Crippen LogP contribution in [0, 0.1) is 0 Å². The first-order valence-corrected chi connectivity index (χ1v) is 16.5. The predicted molar refractivity (Wildman–Crippen MR) is 160 cm³/mol. The summed E-state index contributed by atoms with van der Waals surface area (Å²) in [7, 11) is 0. The van der Waals surface area contributed by atoms with Gasteiger partial charge >= 0.3 is 0 Å². The van der Waals surface area contributed by atoms with Gasteiger partial charge in [0.15, 0.2) is 0 Å². The van der Waals surface area contributed by atoms with E-state index in [1.165, 1.54) is 12.8 Å². The van der Waals surface area contributed by atoms with Gasteiger partial charge in [0.2, 0.25) is 17.7 Å². The molecular formula is C31H50N8O4. The fourth-order valence-electron chi connectivity index (χ4n) is 8.04. The van der Waals surface area contributed by atoms with Crippen LogP contribution in [0.15, 0.2) is 6.20 Å². The minimum atomic E-state index is -1.01. The first-order valence-electron chi connectivity index (χ1n) is 16.5. The number of carbonyl (C=O) groups excluding carboxylic acids is 3. The van der Waals surface area contributed by atoms with Crippen molar-refractivity contribution in [2.24, 2.45) is 0 Å². The lowest BCUT2D eigenvalue weighted by Crippen LogP contribution is -2.56. The van der Waals surface area contributed by atoms with E-state index in [2.05, 4.69) is 51.5 Å². The van der Waals surface area contributed by atoms with Gasteiger partial charge in [0.1, 0.15) is 0 Å². The van der Waals surface area contributed by atoms with Gasteiger partial charge in [-0.15, -0.1) is 5.10 Å². The highest BCUT2D eigenvalue weighted by atomic mass is 16.3. The minimum absolute atomic E-state index is 0.00833. The predicted octanol–water partition coefficient (Wildman–Crippen LogP) is 0.953. The molecule has 5 aliphatic heterocycles. The van der Waals surface area contributed by atoms with Gasteiger partial charge in [0, 0.05) is 55.9 Å². The van der Waals surface area contributed by atoms with Crippen LogP contribution in [0.5, 0.6) is 0 Å². The molecule has 1 aromatic rings. The maximum atomic E-state index is 14.0. The second kappa shape index (κ2) is 12.1. The highest BCUT2D eigenvalue weighted by Gasteiger charge is 2.46. The van der Waals surface area contributed by atoms with E-state index < -0.39 is 18.2 Å². The van der Waals surface area contributed by atoms with Crippen LogP contribution in [-0.4, -0.2) is 121 Å². The molecule has 6 atom stereocenters. The zero-order chi connectivity index (χ0) is 30.5. The summed E-state index contributed by atoms with van der Waals surface area (Å²) in [6, 6.07) is -0.775. The normalized spacial score (nSPS) is 35.7. The standard InChI is InChI=1S/C31H50N8O4/c1-19-26(40)15-28(41)33-20-13-25(37(16-20)21-7-5-6-8-21)30(43)36-11-9-22(10-12-36)38-17-23(14-24(38)29(42)32-19)39-18-27(34-35-39)31(2,3)4/h18-26,40H,5-17H2,1-4H3,(H,32,42)(H,33,41)/t19-,20+,23-,24-,25-,26-/m0/s1. The molecule has 0 unspecified atom stereocenters. The van der Waals surface area contributed by atoms with Gasteiger partial charge in [0.25, 0.3) is 0 Å². The number of rotatable bonds is 2. The van der Waals surface area contributed by atoms with Gasteiger partial charge in [0.05, 0.1) is 42.4 Å². The molecule has 7 rings (SSSR count). The quantitative estimate of drug-likeness (QED) is 0.458. The molecule has 6 heterocycles. The van der Waals surface area contributed by atoms with Crippen LogP contribution in [0.4, 0.5) is 0 Å². The average molecular weight is 599 g/mol. The van der Waals surface area contributed by atoms with E-state index in [0.717, 1.165) is 31.4 Å². The second-order valence-electron chi connectivity index (χ2n) is 14.7. The summed E-state index contributed by atoms with van der Waals surface area (Å²) in [5.41, 5.74) is 0.788. The minimum Gasteiger partial charge on any atom is -0.390 e. The number of piperidine rings is 1. The Kier molecular flexibility index (Phi) is 8.56. The van der Waals surface area contributed by atoms with Gasteiger partial charge in [-0.2, -0.15) is 0 Å². The Labute approximate surface area is 254 Å². The number of carbonyl (C=O) groups is 3. The van der Waals surface area contributed by atoms with Crippen molar-refractivity contribution in [3.63, 3.8) is 0 Å². The van der Waals surface area contributed by atoms with E-state index in [1.54, 1.807) is 6.92 Å². The molecule has 1 saturated carbocycles. The number of aromatic nitrogens is 3. The summed E-state index contributed by atoms with van der Waals surface area (Å²) >= 11 is 0. The highest BCUT2D eigenvalue weighted by molar-refractivity contribution is 5.84. The Bertz CT molecular complexity index is 1180. The fraction of sp³-hybridized carbons (Fsp3) is 0.839. The van der Waals surface area contributed by atoms with Crippen molar-refractivity contribution < 1.29 is 19.5 Å². The van der Waals surface area contributed by atoms with E-state index >= 15 is 0 Å². The number of aliphatic hydroxyl groups excluding tert-OH is 1. The molecule has 43 heavy (non-hydrogen) atoms. The summed E-state index contributed by atoms with van der Waals surface area (Å²) < 4.78 is 1.91. The van der Waals surface area contributed by atoms with E-state index in [4.69, 9.17) is 0 Å². The van der Waals surface area contributed by atoms with E-state index in [0.29, 0.717) is 45.1 Å². The molecule has 1 aliphatic carbocycles. The van der Waals surface area contributed by atoms with Gasteiger partial charge in [-0.3, -0.25) is 24.2 Å². The second-order valence-corrected chi connectivity index (χ2v) is 14.7. The molecule has 0 radical (unpaired) electrons. The van der Waals surface area contributed by atoms with Crippen molar-refractivity contribution in [3.05, 3.63) is 11.9 Å². The molecule has 238 valence electrons. The Morgan fingerprint density at radius 2 is 1.56 bits per heavy atom. The van der Waals surface area contributed by atoms with Crippen LogP contribution in [0.3, 0.4) is 0 Å². The summed E-state index contributed by atoms with van der Waals surface area (Å²) in [5.74, 6) is -0.210. The average Bonchev–Trinajstić information content (AvgIpc) is 3.77. The molecule has 0 spiro atoms. The third kappa shape index (κ3) is 6.33. The number of nitrogens with one attached hydrogen (secondary N) is 2. The van der Waals surface area contributed by atoms with Crippen LogP contribution in [0.1, 0.15) is 97.2 Å². The maximum Gasteiger partial charge on any atom is 0.240 e. The molecule has 1 aromatic heterocycles. The molecular weight excluding hydrogens is 548 g/mol. The molecule has 12 heteroatoms. The first kappa shape index (κ1) is 30.5. The lowest BCUT2D eigenvalue weighted by molar-refractivity contribution is -0.139. The third-order valence-electron chi connectivity index (χ3n) is 10.6. The molecule has 0 aromatic carbocycles. The Hall–Kier alpha value is -2.57. The molecule has 3 N–H and O–H groups in total. The lowest BCUT2D eigenvalue weighted by Gasteiger charge is -2.41. The number of fused-ring (bicyclic) bond motifs is 8. The van der Waals surface area contributed by atoms with Crippen molar-refractivity contribution in [3.8, 4) is 0 Å². The van der Waals surface area contributed by atoms with Crippen molar-refractivity contribution in [2.45, 2.75) is 139 Å². The molecule has 5 saturated heterocycles. The summed E-state index contributed by atoms with van der Waals surface area (Å²) in [6.07, 6.45) is 8.26. The van der Waals surface area contributed by atoms with E-state index in [-0.39, 0.29) is 53.7 Å². The number of aliphatic hydroxyl groups is 1. The van der Waals surface area contributed by atoms with Crippen LogP contribution in [0.25, 0.3) is 0 Å². The number of hydrogen-bond acceptors (Lipinski definition) is 8. The summed E-state index contributed by atoms with van der Waals surface area (Å²) in [5, 5.41) is 25.9. The van der Waals surface area contributed by atoms with Gasteiger partial charge in [-0.25, -0.2) is 4.68 Å². The smallest absolute Gasteiger partial charge is 0.240 e. The van der Waals surface area contributed by atoms with Gasteiger partial charge in [-0.1, -0.05) is 38.8 Å². The zero-order valence-corrected chi connectivity index (χ0v) is 26.2. The Morgan fingerprint density at radius 3 is 2.23 bits per heavy atom.